The van der Waals surface area contributed by atoms with E-state index >= 15 is 0 Å². The first-order valence-electron chi connectivity index (χ1n) is 4.99. The highest BCUT2D eigenvalue weighted by atomic mass is 16.4. The predicted molar refractivity (Wildman–Crippen MR) is 56.8 cm³/mol. The van der Waals surface area contributed by atoms with E-state index in [2.05, 4.69) is 15.5 Å². The van der Waals surface area contributed by atoms with Gasteiger partial charge in [-0.15, -0.1) is 0 Å². The van der Waals surface area contributed by atoms with E-state index < -0.39 is 11.9 Å². The minimum absolute atomic E-state index is 0.144. The van der Waals surface area contributed by atoms with Crippen LogP contribution in [0.2, 0.25) is 0 Å². The van der Waals surface area contributed by atoms with Crippen molar-refractivity contribution < 1.29 is 14.7 Å². The number of carboxylic acid groups (broad SMARTS) is 1. The molecule has 0 aliphatic heterocycles. The molecule has 1 aromatic rings. The Bertz CT molecular complexity index is 386. The zero-order chi connectivity index (χ0) is 12.1. The molecule has 88 valence electrons. The number of aryl methyl sites for hydroxylation is 1. The number of nitrogens with one attached hydrogen (secondary N) is 2. The number of aliphatic carboxylic acids is 1. The molecule has 0 bridgehead atoms. The fourth-order valence-corrected chi connectivity index (χ4v) is 1.14. The maximum atomic E-state index is 11.4. The fourth-order valence-electron chi connectivity index (χ4n) is 1.14. The fraction of sp³-hybridized carbons (Fsp3) is 0.500. The number of carboxylic acids is 1. The third-order valence-electron chi connectivity index (χ3n) is 2.31. The van der Waals surface area contributed by atoms with Gasteiger partial charge in [-0.25, -0.2) is 0 Å². The van der Waals surface area contributed by atoms with Crippen LogP contribution >= 0.6 is 0 Å². The van der Waals surface area contributed by atoms with E-state index in [0.29, 0.717) is 0 Å². The Labute approximate surface area is 93.1 Å². The first-order chi connectivity index (χ1) is 7.50. The number of H-pyrrole nitrogens is 1. The van der Waals surface area contributed by atoms with E-state index in [1.165, 1.54) is 0 Å². The second-order valence-corrected chi connectivity index (χ2v) is 3.74. The summed E-state index contributed by atoms with van der Waals surface area (Å²) >= 11 is 0. The van der Waals surface area contributed by atoms with Crippen LogP contribution in [-0.2, 0) is 16.0 Å². The molecule has 0 saturated heterocycles. The molecular formula is C10H15N3O3. The van der Waals surface area contributed by atoms with Gasteiger partial charge in [0.2, 0.25) is 5.91 Å². The van der Waals surface area contributed by atoms with Crippen LogP contribution in [0.3, 0.4) is 0 Å². The standard InChI is InChI=1S/C10H15N3O3/c1-6(10(15)16)4-11-9(14)3-8-5-12-13-7(8)2/h5-6H,3-4H2,1-2H3,(H,11,14)(H,12,13)(H,15,16). The highest BCUT2D eigenvalue weighted by Crippen LogP contribution is 2.03. The normalized spacial score (nSPS) is 12.1. The zero-order valence-electron chi connectivity index (χ0n) is 9.28. The topological polar surface area (TPSA) is 95.1 Å². The maximum absolute atomic E-state index is 11.4. The Balaban J connectivity index is 2.37. The summed E-state index contributed by atoms with van der Waals surface area (Å²) in [6, 6.07) is 0. The van der Waals surface area contributed by atoms with Gasteiger partial charge in [0.05, 0.1) is 18.5 Å². The molecule has 0 saturated carbocycles. The molecule has 6 nitrogen and oxygen atoms in total. The van der Waals surface area contributed by atoms with Gasteiger partial charge in [-0.05, 0) is 6.92 Å². The molecule has 16 heavy (non-hydrogen) atoms. The van der Waals surface area contributed by atoms with E-state index in [0.717, 1.165) is 11.3 Å². The van der Waals surface area contributed by atoms with Crippen LogP contribution in [0.15, 0.2) is 6.20 Å². The molecule has 0 aliphatic carbocycles. The Hall–Kier alpha value is -1.85. The van der Waals surface area contributed by atoms with E-state index in [1.807, 2.05) is 6.92 Å². The molecule has 0 radical (unpaired) electrons. The van der Waals surface area contributed by atoms with Gasteiger partial charge in [0, 0.05) is 17.8 Å². The Kier molecular flexibility index (Phi) is 4.04. The molecule has 0 fully saturated rings. The summed E-state index contributed by atoms with van der Waals surface area (Å²) in [4.78, 5) is 22.0. The smallest absolute Gasteiger partial charge is 0.308 e. The molecule has 0 spiro atoms. The van der Waals surface area contributed by atoms with E-state index in [-0.39, 0.29) is 18.9 Å². The molecular weight excluding hydrogens is 210 g/mol. The second kappa shape index (κ2) is 5.29. The minimum atomic E-state index is -0.917. The van der Waals surface area contributed by atoms with Crippen LogP contribution in [0.4, 0.5) is 0 Å². The van der Waals surface area contributed by atoms with Crippen LogP contribution in [0.5, 0.6) is 0 Å². The largest absolute Gasteiger partial charge is 0.481 e. The number of hydrogen-bond acceptors (Lipinski definition) is 3. The lowest BCUT2D eigenvalue weighted by Crippen LogP contribution is -2.32. The second-order valence-electron chi connectivity index (χ2n) is 3.74. The van der Waals surface area contributed by atoms with Crippen molar-refractivity contribution in [2.24, 2.45) is 5.92 Å². The summed E-state index contributed by atoms with van der Waals surface area (Å²) < 4.78 is 0. The molecule has 3 N–H and O–H groups in total. The zero-order valence-corrected chi connectivity index (χ0v) is 9.28. The van der Waals surface area contributed by atoms with Crippen LogP contribution in [-0.4, -0.2) is 33.7 Å². The number of carbonyl (C=O) groups is 2. The van der Waals surface area contributed by atoms with Crippen molar-refractivity contribution in [2.45, 2.75) is 20.3 Å². The number of aromatic amines is 1. The summed E-state index contributed by atoms with van der Waals surface area (Å²) in [6.07, 6.45) is 1.81. The highest BCUT2D eigenvalue weighted by Gasteiger charge is 2.13. The van der Waals surface area contributed by atoms with Crippen LogP contribution < -0.4 is 5.32 Å². The van der Waals surface area contributed by atoms with Crippen molar-refractivity contribution >= 4 is 11.9 Å². The lowest BCUT2D eigenvalue weighted by atomic mass is 10.1. The van der Waals surface area contributed by atoms with E-state index in [4.69, 9.17) is 5.11 Å². The molecule has 1 unspecified atom stereocenters. The molecule has 0 aliphatic rings. The van der Waals surface area contributed by atoms with Crippen molar-refractivity contribution in [1.82, 2.24) is 15.5 Å². The molecule has 1 aromatic heterocycles. The number of amides is 1. The summed E-state index contributed by atoms with van der Waals surface area (Å²) in [5.74, 6) is -1.69. The maximum Gasteiger partial charge on any atom is 0.308 e. The van der Waals surface area contributed by atoms with Crippen LogP contribution in [0, 0.1) is 12.8 Å². The Morgan fingerprint density at radius 2 is 2.31 bits per heavy atom. The van der Waals surface area contributed by atoms with Gasteiger partial charge in [-0.3, -0.25) is 14.7 Å². The molecule has 1 rings (SSSR count). The molecule has 6 heteroatoms. The van der Waals surface area contributed by atoms with Crippen molar-refractivity contribution in [3.63, 3.8) is 0 Å². The summed E-state index contributed by atoms with van der Waals surface area (Å²) in [5.41, 5.74) is 1.67. The summed E-state index contributed by atoms with van der Waals surface area (Å²) in [7, 11) is 0. The Morgan fingerprint density at radius 1 is 1.62 bits per heavy atom. The number of aromatic nitrogens is 2. The summed E-state index contributed by atoms with van der Waals surface area (Å²) in [6.45, 7) is 3.52. The van der Waals surface area contributed by atoms with Crippen molar-refractivity contribution in [2.75, 3.05) is 6.54 Å². The van der Waals surface area contributed by atoms with Gasteiger partial charge < -0.3 is 10.4 Å². The highest BCUT2D eigenvalue weighted by molar-refractivity contribution is 5.79. The Morgan fingerprint density at radius 3 is 2.81 bits per heavy atom. The SMILES string of the molecule is Cc1[nH]ncc1CC(=O)NCC(C)C(=O)O. The molecule has 1 atom stereocenters. The average Bonchev–Trinajstić information content (AvgIpc) is 2.60. The first-order valence-corrected chi connectivity index (χ1v) is 4.99. The van der Waals surface area contributed by atoms with Crippen LogP contribution in [0.25, 0.3) is 0 Å². The van der Waals surface area contributed by atoms with Crippen molar-refractivity contribution in [3.8, 4) is 0 Å². The van der Waals surface area contributed by atoms with Crippen molar-refractivity contribution in [3.05, 3.63) is 17.5 Å². The number of carbonyl (C=O) groups excluding carboxylic acids is 1. The lowest BCUT2D eigenvalue weighted by Gasteiger charge is -2.07. The van der Waals surface area contributed by atoms with Gasteiger partial charge in [-0.1, -0.05) is 6.92 Å². The third-order valence-corrected chi connectivity index (χ3v) is 2.31. The quantitative estimate of drug-likeness (QED) is 0.662. The monoisotopic (exact) mass is 225 g/mol. The van der Waals surface area contributed by atoms with Gasteiger partial charge in [-0.2, -0.15) is 5.10 Å². The molecule has 1 amide bonds. The molecule has 1 heterocycles. The predicted octanol–water partition coefficient (Wildman–Crippen LogP) is 0.0975. The van der Waals surface area contributed by atoms with Gasteiger partial charge >= 0.3 is 5.97 Å². The average molecular weight is 225 g/mol. The van der Waals surface area contributed by atoms with Gasteiger partial charge in [0.1, 0.15) is 0 Å². The van der Waals surface area contributed by atoms with Crippen molar-refractivity contribution in [1.29, 1.82) is 0 Å². The van der Waals surface area contributed by atoms with Gasteiger partial charge in [0.15, 0.2) is 0 Å². The number of rotatable bonds is 5. The number of hydrogen-bond donors (Lipinski definition) is 3. The van der Waals surface area contributed by atoms with Crippen LogP contribution in [0.1, 0.15) is 18.2 Å². The minimum Gasteiger partial charge on any atom is -0.481 e. The lowest BCUT2D eigenvalue weighted by molar-refractivity contribution is -0.141. The third kappa shape index (κ3) is 3.38. The first kappa shape index (κ1) is 12.2. The number of nitrogens with zero attached hydrogens (tertiary/aromatic N) is 1. The van der Waals surface area contributed by atoms with E-state index in [9.17, 15) is 9.59 Å². The molecule has 0 aromatic carbocycles. The van der Waals surface area contributed by atoms with Gasteiger partial charge in [0.25, 0.3) is 0 Å². The van der Waals surface area contributed by atoms with E-state index in [1.54, 1.807) is 13.1 Å². The summed E-state index contributed by atoms with van der Waals surface area (Å²) in [5, 5.41) is 17.7.